The second kappa shape index (κ2) is 5.54. The first-order chi connectivity index (χ1) is 8.61. The molecule has 0 aliphatic heterocycles. The number of carbonyl (C=O) groups excluding carboxylic acids is 1. The highest BCUT2D eigenvalue weighted by atomic mass is 35.5. The molecular formula is C12H16ClN3O2. The molecule has 18 heavy (non-hydrogen) atoms. The molecule has 1 aromatic rings. The van der Waals surface area contributed by atoms with E-state index in [1.165, 1.54) is 12.1 Å². The van der Waals surface area contributed by atoms with Gasteiger partial charge in [0.2, 0.25) is 0 Å². The number of nitrogens with zero attached hydrogens (tertiary/aromatic N) is 2. The Morgan fingerprint density at radius 3 is 2.78 bits per heavy atom. The number of hydrogen-bond donors (Lipinski definition) is 2. The quantitative estimate of drug-likeness (QED) is 0.808. The summed E-state index contributed by atoms with van der Waals surface area (Å²) < 4.78 is 0. The molecule has 1 fully saturated rings. The van der Waals surface area contributed by atoms with Crippen molar-refractivity contribution in [2.24, 2.45) is 0 Å². The minimum absolute atomic E-state index is 0.0451. The molecule has 1 aliphatic rings. The molecule has 0 bridgehead atoms. The maximum Gasteiger partial charge on any atom is 0.254 e. The fourth-order valence-corrected chi connectivity index (χ4v) is 2.28. The summed E-state index contributed by atoms with van der Waals surface area (Å²) in [6.45, 7) is 0.292. The van der Waals surface area contributed by atoms with Crippen molar-refractivity contribution < 1.29 is 9.90 Å². The number of amides is 1. The van der Waals surface area contributed by atoms with Crippen molar-refractivity contribution in [1.29, 1.82) is 0 Å². The van der Waals surface area contributed by atoms with E-state index in [0.29, 0.717) is 12.1 Å². The van der Waals surface area contributed by atoms with E-state index in [2.05, 4.69) is 4.98 Å². The van der Waals surface area contributed by atoms with Gasteiger partial charge in [-0.25, -0.2) is 4.98 Å². The molecular weight excluding hydrogens is 254 g/mol. The van der Waals surface area contributed by atoms with Crippen molar-refractivity contribution in [1.82, 2.24) is 9.88 Å². The first-order valence-electron chi connectivity index (χ1n) is 5.96. The maximum atomic E-state index is 12.3. The summed E-state index contributed by atoms with van der Waals surface area (Å²) in [5.74, 6) is 0.0770. The molecule has 3 N–H and O–H groups in total. The third-order valence-electron chi connectivity index (χ3n) is 3.18. The summed E-state index contributed by atoms with van der Waals surface area (Å²) in [5.41, 5.74) is 6.00. The molecule has 1 amide bonds. The van der Waals surface area contributed by atoms with Crippen LogP contribution in [0.2, 0.25) is 5.15 Å². The van der Waals surface area contributed by atoms with Crippen LogP contribution in [0.15, 0.2) is 12.1 Å². The second-order valence-corrected chi connectivity index (χ2v) is 4.80. The average Bonchev–Trinajstić information content (AvgIpc) is 2.23. The number of aliphatic hydroxyl groups excluding tert-OH is 1. The van der Waals surface area contributed by atoms with Gasteiger partial charge in [-0.2, -0.15) is 0 Å². The van der Waals surface area contributed by atoms with Gasteiger partial charge in [0.1, 0.15) is 11.0 Å². The van der Waals surface area contributed by atoms with Crippen LogP contribution < -0.4 is 5.73 Å². The van der Waals surface area contributed by atoms with E-state index in [4.69, 9.17) is 22.4 Å². The zero-order chi connectivity index (χ0) is 13.1. The van der Waals surface area contributed by atoms with Crippen LogP contribution in [-0.4, -0.2) is 40.1 Å². The molecule has 0 saturated heterocycles. The second-order valence-electron chi connectivity index (χ2n) is 4.41. The third-order valence-corrected chi connectivity index (χ3v) is 3.37. The Bertz CT molecular complexity index is 429. The van der Waals surface area contributed by atoms with Crippen molar-refractivity contribution in [2.45, 2.75) is 25.3 Å². The fraction of sp³-hybridized carbons (Fsp3) is 0.500. The SMILES string of the molecule is Nc1cc(C(=O)N(CCO)C2CCC2)cc(Cl)n1. The highest BCUT2D eigenvalue weighted by molar-refractivity contribution is 6.29. The predicted octanol–water partition coefficient (Wildman–Crippen LogP) is 1.30. The summed E-state index contributed by atoms with van der Waals surface area (Å²) in [5, 5.41) is 9.26. The van der Waals surface area contributed by atoms with Crippen LogP contribution in [-0.2, 0) is 0 Å². The van der Waals surface area contributed by atoms with Gasteiger partial charge in [-0.1, -0.05) is 11.6 Å². The Kier molecular flexibility index (Phi) is 4.04. The Balaban J connectivity index is 2.21. The highest BCUT2D eigenvalue weighted by Gasteiger charge is 2.29. The lowest BCUT2D eigenvalue weighted by Crippen LogP contribution is -2.45. The van der Waals surface area contributed by atoms with E-state index in [9.17, 15) is 4.79 Å². The van der Waals surface area contributed by atoms with E-state index in [-0.39, 0.29) is 29.5 Å². The van der Waals surface area contributed by atoms with Crippen LogP contribution in [0.1, 0.15) is 29.6 Å². The van der Waals surface area contributed by atoms with Crippen molar-refractivity contribution in [2.75, 3.05) is 18.9 Å². The van der Waals surface area contributed by atoms with Gasteiger partial charge in [0.25, 0.3) is 5.91 Å². The zero-order valence-corrected chi connectivity index (χ0v) is 10.7. The number of nitrogens with two attached hydrogens (primary N) is 1. The molecule has 0 spiro atoms. The molecule has 0 radical (unpaired) electrons. The number of nitrogen functional groups attached to an aromatic ring is 1. The fourth-order valence-electron chi connectivity index (χ4n) is 2.06. The number of aromatic nitrogens is 1. The molecule has 0 aromatic carbocycles. The monoisotopic (exact) mass is 269 g/mol. The largest absolute Gasteiger partial charge is 0.395 e. The summed E-state index contributed by atoms with van der Waals surface area (Å²) in [4.78, 5) is 17.9. The Labute approximate surface area is 111 Å². The number of halogens is 1. The molecule has 2 rings (SSSR count). The third kappa shape index (κ3) is 2.73. The molecule has 1 heterocycles. The molecule has 1 aromatic heterocycles. The average molecular weight is 270 g/mol. The smallest absolute Gasteiger partial charge is 0.254 e. The van der Waals surface area contributed by atoms with E-state index in [1.54, 1.807) is 4.90 Å². The van der Waals surface area contributed by atoms with Crippen LogP contribution in [0.4, 0.5) is 5.82 Å². The standard InChI is InChI=1S/C12H16ClN3O2/c13-10-6-8(7-11(14)15-10)12(18)16(4-5-17)9-2-1-3-9/h6-7,9,17H,1-5H2,(H2,14,15). The molecule has 1 saturated carbocycles. The lowest BCUT2D eigenvalue weighted by Gasteiger charge is -2.37. The summed E-state index contributed by atoms with van der Waals surface area (Å²) >= 11 is 5.79. The van der Waals surface area contributed by atoms with Crippen LogP contribution in [0.5, 0.6) is 0 Å². The molecule has 1 aliphatic carbocycles. The number of hydrogen-bond acceptors (Lipinski definition) is 4. The van der Waals surface area contributed by atoms with E-state index < -0.39 is 0 Å². The topological polar surface area (TPSA) is 79.5 Å². The minimum Gasteiger partial charge on any atom is -0.395 e. The van der Waals surface area contributed by atoms with Crippen molar-refractivity contribution in [3.05, 3.63) is 22.8 Å². The number of aliphatic hydroxyl groups is 1. The van der Waals surface area contributed by atoms with Crippen molar-refractivity contribution in [3.8, 4) is 0 Å². The van der Waals surface area contributed by atoms with Crippen molar-refractivity contribution in [3.63, 3.8) is 0 Å². The van der Waals surface area contributed by atoms with E-state index in [0.717, 1.165) is 19.3 Å². The van der Waals surface area contributed by atoms with Gasteiger partial charge in [0.15, 0.2) is 0 Å². The van der Waals surface area contributed by atoms with Crippen LogP contribution in [0.3, 0.4) is 0 Å². The Morgan fingerprint density at radius 1 is 1.56 bits per heavy atom. The van der Waals surface area contributed by atoms with Gasteiger partial charge in [0.05, 0.1) is 6.61 Å². The molecule has 98 valence electrons. The molecule has 5 nitrogen and oxygen atoms in total. The first kappa shape index (κ1) is 13.1. The van der Waals surface area contributed by atoms with E-state index in [1.807, 2.05) is 0 Å². The highest BCUT2D eigenvalue weighted by Crippen LogP contribution is 2.26. The summed E-state index contributed by atoms with van der Waals surface area (Å²) in [6, 6.07) is 3.23. The van der Waals surface area contributed by atoms with Crippen LogP contribution in [0, 0.1) is 0 Å². The summed E-state index contributed by atoms with van der Waals surface area (Å²) in [7, 11) is 0. The number of anilines is 1. The number of pyridine rings is 1. The number of rotatable bonds is 4. The van der Waals surface area contributed by atoms with E-state index >= 15 is 0 Å². The summed E-state index contributed by atoms with van der Waals surface area (Å²) in [6.07, 6.45) is 3.10. The molecule has 6 heteroatoms. The lowest BCUT2D eigenvalue weighted by molar-refractivity contribution is 0.0526. The Morgan fingerprint density at radius 2 is 2.28 bits per heavy atom. The van der Waals surface area contributed by atoms with Crippen LogP contribution in [0.25, 0.3) is 0 Å². The normalized spacial score (nSPS) is 15.2. The molecule has 0 unspecified atom stereocenters. The maximum absolute atomic E-state index is 12.3. The van der Waals surface area contributed by atoms with Gasteiger partial charge < -0.3 is 15.7 Å². The van der Waals surface area contributed by atoms with Gasteiger partial charge in [-0.15, -0.1) is 0 Å². The van der Waals surface area contributed by atoms with Gasteiger partial charge in [-0.3, -0.25) is 4.79 Å². The van der Waals surface area contributed by atoms with Crippen LogP contribution >= 0.6 is 11.6 Å². The zero-order valence-electron chi connectivity index (χ0n) is 9.97. The van der Waals surface area contributed by atoms with Gasteiger partial charge in [0, 0.05) is 18.2 Å². The lowest BCUT2D eigenvalue weighted by atomic mass is 9.91. The van der Waals surface area contributed by atoms with Gasteiger partial charge >= 0.3 is 0 Å². The number of carbonyl (C=O) groups is 1. The predicted molar refractivity (Wildman–Crippen MR) is 69.4 cm³/mol. The minimum atomic E-state index is -0.148. The Hall–Kier alpha value is -1.33. The van der Waals surface area contributed by atoms with Gasteiger partial charge in [-0.05, 0) is 31.4 Å². The first-order valence-corrected chi connectivity index (χ1v) is 6.34. The molecule has 0 atom stereocenters. The van der Waals surface area contributed by atoms with Crippen molar-refractivity contribution >= 4 is 23.3 Å².